The summed E-state index contributed by atoms with van der Waals surface area (Å²) in [6.45, 7) is 2.45. The predicted molar refractivity (Wildman–Crippen MR) is 68.2 cm³/mol. The molecule has 2 unspecified atom stereocenters. The van der Waals surface area contributed by atoms with Crippen molar-refractivity contribution in [3.05, 3.63) is 0 Å². The van der Waals surface area contributed by atoms with Crippen LogP contribution in [0.3, 0.4) is 0 Å². The topological polar surface area (TPSA) is 105 Å². The highest BCUT2D eigenvalue weighted by atomic mass is 16.5. The first-order valence-corrected chi connectivity index (χ1v) is 6.44. The third-order valence-corrected chi connectivity index (χ3v) is 3.10. The monoisotopic (exact) mass is 288 g/mol. The van der Waals surface area contributed by atoms with Crippen molar-refractivity contribution in [1.82, 2.24) is 10.2 Å². The first kappa shape index (κ1) is 16.2. The number of hydrogen-bond acceptors (Lipinski definition) is 5. The molecule has 0 radical (unpaired) electrons. The molecule has 8 heteroatoms. The lowest BCUT2D eigenvalue weighted by Gasteiger charge is -2.34. The van der Waals surface area contributed by atoms with Gasteiger partial charge < -0.3 is 24.8 Å². The summed E-state index contributed by atoms with van der Waals surface area (Å²) in [5, 5.41) is 11.4. The number of esters is 1. The van der Waals surface area contributed by atoms with E-state index in [4.69, 9.17) is 9.84 Å². The maximum absolute atomic E-state index is 12.1. The average molecular weight is 288 g/mol. The van der Waals surface area contributed by atoms with Gasteiger partial charge >= 0.3 is 18.0 Å². The highest BCUT2D eigenvalue weighted by Crippen LogP contribution is 2.10. The summed E-state index contributed by atoms with van der Waals surface area (Å²) in [6.07, 6.45) is 0.334. The minimum atomic E-state index is -0.983. The van der Waals surface area contributed by atoms with Gasteiger partial charge in [0.2, 0.25) is 0 Å². The number of hydrogen-bond donors (Lipinski definition) is 2. The number of morpholine rings is 1. The van der Waals surface area contributed by atoms with E-state index < -0.39 is 30.1 Å². The van der Waals surface area contributed by atoms with Crippen molar-refractivity contribution in [2.75, 3.05) is 26.9 Å². The van der Waals surface area contributed by atoms with Gasteiger partial charge in [-0.1, -0.05) is 6.92 Å². The highest BCUT2D eigenvalue weighted by molar-refractivity contribution is 5.84. The molecular weight excluding hydrogens is 268 g/mol. The molecule has 1 rings (SSSR count). The van der Waals surface area contributed by atoms with E-state index in [0.717, 1.165) is 0 Å². The van der Waals surface area contributed by atoms with E-state index in [-0.39, 0.29) is 19.6 Å². The van der Waals surface area contributed by atoms with Crippen LogP contribution in [0.5, 0.6) is 0 Å². The number of methoxy groups -OCH3 is 1. The van der Waals surface area contributed by atoms with E-state index >= 15 is 0 Å². The lowest BCUT2D eigenvalue weighted by atomic mass is 10.1. The fourth-order valence-corrected chi connectivity index (χ4v) is 1.94. The standard InChI is InChI=1S/C12H20N2O6/c1-3-8(6-10(15)16)13-12(18)14-4-5-20-7-9(14)11(17)19-2/h8-9H,3-7H2,1-2H3,(H,13,18)(H,15,16). The Kier molecular flexibility index (Phi) is 6.23. The average Bonchev–Trinajstić information content (AvgIpc) is 2.45. The van der Waals surface area contributed by atoms with E-state index in [9.17, 15) is 14.4 Å². The molecule has 1 heterocycles. The Bertz CT molecular complexity index is 373. The van der Waals surface area contributed by atoms with Crippen LogP contribution in [0.4, 0.5) is 4.79 Å². The number of urea groups is 1. The molecule has 1 aliphatic rings. The van der Waals surface area contributed by atoms with Crippen LogP contribution < -0.4 is 5.32 Å². The maximum Gasteiger partial charge on any atom is 0.331 e. The fraction of sp³-hybridized carbons (Fsp3) is 0.750. The van der Waals surface area contributed by atoms with Crippen LogP contribution in [0.25, 0.3) is 0 Å². The molecular formula is C12H20N2O6. The summed E-state index contributed by atoms with van der Waals surface area (Å²) >= 11 is 0. The Morgan fingerprint density at radius 1 is 1.50 bits per heavy atom. The molecule has 0 bridgehead atoms. The second kappa shape index (κ2) is 7.68. The second-order valence-corrected chi connectivity index (χ2v) is 4.46. The molecule has 0 spiro atoms. The molecule has 0 aliphatic carbocycles. The molecule has 8 nitrogen and oxygen atoms in total. The summed E-state index contributed by atoms with van der Waals surface area (Å²) < 4.78 is 9.80. The van der Waals surface area contributed by atoms with Gasteiger partial charge in [0.15, 0.2) is 6.04 Å². The lowest BCUT2D eigenvalue weighted by Crippen LogP contribution is -2.57. The van der Waals surface area contributed by atoms with E-state index in [1.54, 1.807) is 6.92 Å². The Labute approximate surface area is 117 Å². The van der Waals surface area contributed by atoms with Crippen LogP contribution in [-0.4, -0.2) is 66.9 Å². The zero-order chi connectivity index (χ0) is 15.1. The zero-order valence-corrected chi connectivity index (χ0v) is 11.6. The van der Waals surface area contributed by atoms with Gasteiger partial charge in [-0.2, -0.15) is 0 Å². The molecule has 1 aliphatic heterocycles. The van der Waals surface area contributed by atoms with Crippen LogP contribution in [0, 0.1) is 0 Å². The van der Waals surface area contributed by atoms with Crippen molar-refractivity contribution in [2.24, 2.45) is 0 Å². The Hall–Kier alpha value is -1.83. The number of carboxylic acids is 1. The molecule has 2 atom stereocenters. The Morgan fingerprint density at radius 2 is 2.20 bits per heavy atom. The first-order chi connectivity index (χ1) is 9.49. The lowest BCUT2D eigenvalue weighted by molar-refractivity contribution is -0.151. The van der Waals surface area contributed by atoms with Gasteiger partial charge in [0.1, 0.15) is 0 Å². The molecule has 114 valence electrons. The van der Waals surface area contributed by atoms with Crippen molar-refractivity contribution in [3.8, 4) is 0 Å². The zero-order valence-electron chi connectivity index (χ0n) is 11.6. The Morgan fingerprint density at radius 3 is 2.75 bits per heavy atom. The van der Waals surface area contributed by atoms with Gasteiger partial charge in [0, 0.05) is 12.6 Å². The molecule has 1 fully saturated rings. The van der Waals surface area contributed by atoms with Crippen LogP contribution in [0.15, 0.2) is 0 Å². The normalized spacial score (nSPS) is 20.1. The Balaban J connectivity index is 2.67. The molecule has 0 aromatic heterocycles. The molecule has 2 amide bonds. The maximum atomic E-state index is 12.1. The minimum absolute atomic E-state index is 0.0792. The van der Waals surface area contributed by atoms with Crippen LogP contribution in [0.1, 0.15) is 19.8 Å². The summed E-state index contributed by atoms with van der Waals surface area (Å²) in [4.78, 5) is 35.7. The number of amides is 2. The first-order valence-electron chi connectivity index (χ1n) is 6.44. The van der Waals surface area contributed by atoms with E-state index in [1.165, 1.54) is 12.0 Å². The van der Waals surface area contributed by atoms with E-state index in [1.807, 2.05) is 0 Å². The number of carbonyl (C=O) groups excluding carboxylic acids is 2. The fourth-order valence-electron chi connectivity index (χ4n) is 1.94. The van der Waals surface area contributed by atoms with Crippen molar-refractivity contribution in [2.45, 2.75) is 31.8 Å². The van der Waals surface area contributed by atoms with Gasteiger partial charge in [0.25, 0.3) is 0 Å². The van der Waals surface area contributed by atoms with E-state index in [2.05, 4.69) is 10.1 Å². The number of carbonyl (C=O) groups is 3. The highest BCUT2D eigenvalue weighted by Gasteiger charge is 2.34. The third kappa shape index (κ3) is 4.37. The number of nitrogens with one attached hydrogen (secondary N) is 1. The second-order valence-electron chi connectivity index (χ2n) is 4.46. The number of ether oxygens (including phenoxy) is 2. The third-order valence-electron chi connectivity index (χ3n) is 3.10. The number of rotatable bonds is 5. The van der Waals surface area contributed by atoms with Crippen LogP contribution >= 0.6 is 0 Å². The summed E-state index contributed by atoms with van der Waals surface area (Å²) in [5.74, 6) is -1.53. The minimum Gasteiger partial charge on any atom is -0.481 e. The summed E-state index contributed by atoms with van der Waals surface area (Å²) in [6, 6.07) is -1.74. The summed E-state index contributed by atoms with van der Waals surface area (Å²) in [7, 11) is 1.24. The van der Waals surface area contributed by atoms with Gasteiger partial charge in [-0.3, -0.25) is 4.79 Å². The quantitative estimate of drug-likeness (QED) is 0.680. The van der Waals surface area contributed by atoms with Gasteiger partial charge in [-0.15, -0.1) is 0 Å². The molecule has 0 saturated carbocycles. The molecule has 0 aromatic rings. The molecule has 0 aromatic carbocycles. The van der Waals surface area contributed by atoms with Crippen LogP contribution in [0.2, 0.25) is 0 Å². The van der Waals surface area contributed by atoms with Crippen molar-refractivity contribution in [3.63, 3.8) is 0 Å². The molecule has 2 N–H and O–H groups in total. The van der Waals surface area contributed by atoms with Crippen LogP contribution in [-0.2, 0) is 19.1 Å². The van der Waals surface area contributed by atoms with Crippen molar-refractivity contribution in [1.29, 1.82) is 0 Å². The molecule has 20 heavy (non-hydrogen) atoms. The SMILES string of the molecule is CCC(CC(=O)O)NC(=O)N1CCOCC1C(=O)OC. The van der Waals surface area contributed by atoms with Gasteiger partial charge in [-0.25, -0.2) is 9.59 Å². The number of carboxylic acid groups (broad SMARTS) is 1. The number of nitrogens with zero attached hydrogens (tertiary/aromatic N) is 1. The smallest absolute Gasteiger partial charge is 0.331 e. The van der Waals surface area contributed by atoms with Gasteiger partial charge in [0.05, 0.1) is 26.7 Å². The van der Waals surface area contributed by atoms with Crippen molar-refractivity contribution >= 4 is 18.0 Å². The molecule has 1 saturated heterocycles. The van der Waals surface area contributed by atoms with Gasteiger partial charge in [-0.05, 0) is 6.42 Å². The number of aliphatic carboxylic acids is 1. The summed E-state index contributed by atoms with van der Waals surface area (Å²) in [5.41, 5.74) is 0. The van der Waals surface area contributed by atoms with Crippen molar-refractivity contribution < 1.29 is 29.0 Å². The largest absolute Gasteiger partial charge is 0.481 e. The van der Waals surface area contributed by atoms with E-state index in [0.29, 0.717) is 13.0 Å². The predicted octanol–water partition coefficient (Wildman–Crippen LogP) is -0.177.